The summed E-state index contributed by atoms with van der Waals surface area (Å²) in [6.45, 7) is 9.16. The third-order valence-corrected chi connectivity index (χ3v) is 3.04. The summed E-state index contributed by atoms with van der Waals surface area (Å²) in [6, 6.07) is 0.265. The molecule has 1 atom stereocenters. The molecule has 1 aromatic rings. The molecule has 0 aliphatic rings. The van der Waals surface area contributed by atoms with E-state index >= 15 is 0 Å². The van der Waals surface area contributed by atoms with Crippen LogP contribution in [0.1, 0.15) is 32.8 Å². The highest BCUT2D eigenvalue weighted by Crippen LogP contribution is 2.27. The molecule has 0 fully saturated rings. The molecule has 0 saturated carbocycles. The van der Waals surface area contributed by atoms with Crippen molar-refractivity contribution >= 4 is 5.82 Å². The number of aromatic nitrogens is 2. The lowest BCUT2D eigenvalue weighted by Gasteiger charge is -2.32. The zero-order valence-corrected chi connectivity index (χ0v) is 11.9. The fraction of sp³-hybridized carbons (Fsp3) is 0.692. The Morgan fingerprint density at radius 2 is 2.06 bits per heavy atom. The van der Waals surface area contributed by atoms with Crippen molar-refractivity contribution in [3.05, 3.63) is 11.9 Å². The van der Waals surface area contributed by atoms with Gasteiger partial charge >= 0.3 is 0 Å². The molecule has 0 radical (unpaired) electrons. The van der Waals surface area contributed by atoms with Crippen LogP contribution in [0.25, 0.3) is 0 Å². The van der Waals surface area contributed by atoms with Gasteiger partial charge in [-0.05, 0) is 25.3 Å². The quantitative estimate of drug-likeness (QED) is 0.838. The second-order valence-corrected chi connectivity index (χ2v) is 5.50. The van der Waals surface area contributed by atoms with Gasteiger partial charge in [-0.1, -0.05) is 20.8 Å². The SMILES string of the molecule is COc1ncnc(NC(CCN)C(C)(C)C)c1C. The summed E-state index contributed by atoms with van der Waals surface area (Å²) < 4.78 is 5.20. The van der Waals surface area contributed by atoms with Gasteiger partial charge in [0.2, 0.25) is 5.88 Å². The number of ether oxygens (including phenoxy) is 1. The first-order chi connectivity index (χ1) is 8.40. The van der Waals surface area contributed by atoms with Crippen molar-refractivity contribution in [3.63, 3.8) is 0 Å². The average molecular weight is 252 g/mol. The van der Waals surface area contributed by atoms with Crippen molar-refractivity contribution in [2.75, 3.05) is 19.0 Å². The number of nitrogens with two attached hydrogens (primary N) is 1. The summed E-state index contributed by atoms with van der Waals surface area (Å²) in [7, 11) is 1.61. The maximum Gasteiger partial charge on any atom is 0.221 e. The lowest BCUT2D eigenvalue weighted by molar-refractivity contribution is 0.327. The molecule has 1 heterocycles. The maximum atomic E-state index is 5.68. The number of rotatable bonds is 5. The van der Waals surface area contributed by atoms with Gasteiger partial charge in [-0.2, -0.15) is 0 Å². The summed E-state index contributed by atoms with van der Waals surface area (Å²) in [5.41, 5.74) is 6.71. The highest BCUT2D eigenvalue weighted by molar-refractivity contribution is 5.48. The van der Waals surface area contributed by atoms with Crippen LogP contribution >= 0.6 is 0 Å². The Morgan fingerprint density at radius 3 is 2.56 bits per heavy atom. The molecule has 1 unspecified atom stereocenters. The smallest absolute Gasteiger partial charge is 0.221 e. The van der Waals surface area contributed by atoms with Crippen molar-refractivity contribution in [1.29, 1.82) is 0 Å². The van der Waals surface area contributed by atoms with Crippen LogP contribution in [-0.4, -0.2) is 29.7 Å². The molecule has 102 valence electrons. The molecule has 0 amide bonds. The van der Waals surface area contributed by atoms with Gasteiger partial charge in [0.15, 0.2) is 0 Å². The molecule has 0 bridgehead atoms. The predicted octanol–water partition coefficient (Wildman–Crippen LogP) is 1.97. The minimum Gasteiger partial charge on any atom is -0.481 e. The Kier molecular flexibility index (Phi) is 4.90. The van der Waals surface area contributed by atoms with Crippen LogP contribution < -0.4 is 15.8 Å². The minimum absolute atomic E-state index is 0.115. The van der Waals surface area contributed by atoms with Crippen LogP contribution in [0, 0.1) is 12.3 Å². The topological polar surface area (TPSA) is 73.1 Å². The first kappa shape index (κ1) is 14.7. The fourth-order valence-corrected chi connectivity index (χ4v) is 1.84. The van der Waals surface area contributed by atoms with Crippen LogP contribution in [0.4, 0.5) is 5.82 Å². The van der Waals surface area contributed by atoms with Gasteiger partial charge in [-0.25, -0.2) is 9.97 Å². The zero-order chi connectivity index (χ0) is 13.8. The monoisotopic (exact) mass is 252 g/mol. The number of nitrogens with one attached hydrogen (secondary N) is 1. The van der Waals surface area contributed by atoms with E-state index in [0.717, 1.165) is 17.8 Å². The predicted molar refractivity (Wildman–Crippen MR) is 73.9 cm³/mol. The molecule has 0 spiro atoms. The van der Waals surface area contributed by atoms with Crippen molar-refractivity contribution < 1.29 is 4.74 Å². The molecular weight excluding hydrogens is 228 g/mol. The molecule has 1 rings (SSSR count). The van der Waals surface area contributed by atoms with E-state index in [1.165, 1.54) is 6.33 Å². The van der Waals surface area contributed by atoms with Crippen molar-refractivity contribution in [2.24, 2.45) is 11.1 Å². The summed E-state index contributed by atoms with van der Waals surface area (Å²) in [4.78, 5) is 8.35. The van der Waals surface area contributed by atoms with Gasteiger partial charge in [0.1, 0.15) is 12.1 Å². The normalized spacial score (nSPS) is 13.2. The molecule has 1 aromatic heterocycles. The van der Waals surface area contributed by atoms with E-state index in [0.29, 0.717) is 12.4 Å². The average Bonchev–Trinajstić information content (AvgIpc) is 2.29. The van der Waals surface area contributed by atoms with Crippen molar-refractivity contribution in [2.45, 2.75) is 40.2 Å². The lowest BCUT2D eigenvalue weighted by Crippen LogP contribution is -2.36. The molecule has 3 N–H and O–H groups in total. The van der Waals surface area contributed by atoms with Gasteiger partial charge < -0.3 is 15.8 Å². The van der Waals surface area contributed by atoms with E-state index in [1.54, 1.807) is 7.11 Å². The van der Waals surface area contributed by atoms with Gasteiger partial charge in [0, 0.05) is 6.04 Å². The van der Waals surface area contributed by atoms with Crippen LogP contribution in [0.3, 0.4) is 0 Å². The summed E-state index contributed by atoms with van der Waals surface area (Å²) in [5, 5.41) is 3.45. The summed E-state index contributed by atoms with van der Waals surface area (Å²) in [5.74, 6) is 1.42. The number of hydrogen-bond donors (Lipinski definition) is 2. The van der Waals surface area contributed by atoms with Crippen LogP contribution in [0.5, 0.6) is 5.88 Å². The van der Waals surface area contributed by atoms with Crippen LogP contribution in [-0.2, 0) is 0 Å². The molecule has 5 nitrogen and oxygen atoms in total. The van der Waals surface area contributed by atoms with Crippen molar-refractivity contribution in [1.82, 2.24) is 9.97 Å². The molecule has 0 saturated heterocycles. The van der Waals surface area contributed by atoms with E-state index < -0.39 is 0 Å². The first-order valence-electron chi connectivity index (χ1n) is 6.22. The van der Waals surface area contributed by atoms with Gasteiger partial charge in [0.05, 0.1) is 12.7 Å². The Balaban J connectivity index is 2.94. The highest BCUT2D eigenvalue weighted by atomic mass is 16.5. The lowest BCUT2D eigenvalue weighted by atomic mass is 9.84. The van der Waals surface area contributed by atoms with Gasteiger partial charge in [0.25, 0.3) is 0 Å². The second kappa shape index (κ2) is 6.00. The second-order valence-electron chi connectivity index (χ2n) is 5.50. The number of nitrogens with zero attached hydrogens (tertiary/aromatic N) is 2. The number of anilines is 1. The zero-order valence-electron chi connectivity index (χ0n) is 11.9. The van der Waals surface area contributed by atoms with Crippen LogP contribution in [0.2, 0.25) is 0 Å². The summed E-state index contributed by atoms with van der Waals surface area (Å²) >= 11 is 0. The van der Waals surface area contributed by atoms with E-state index in [4.69, 9.17) is 10.5 Å². The highest BCUT2D eigenvalue weighted by Gasteiger charge is 2.25. The minimum atomic E-state index is 0.115. The fourth-order valence-electron chi connectivity index (χ4n) is 1.84. The number of methoxy groups -OCH3 is 1. The maximum absolute atomic E-state index is 5.68. The molecule has 0 aliphatic heterocycles. The van der Waals surface area contributed by atoms with Crippen molar-refractivity contribution in [3.8, 4) is 5.88 Å². The van der Waals surface area contributed by atoms with E-state index in [1.807, 2.05) is 6.92 Å². The van der Waals surface area contributed by atoms with E-state index in [2.05, 4.69) is 36.1 Å². The molecule has 0 aliphatic carbocycles. The number of hydrogen-bond acceptors (Lipinski definition) is 5. The molecule has 0 aromatic carbocycles. The molecular formula is C13H24N4O. The Labute approximate surface area is 109 Å². The summed E-state index contributed by atoms with van der Waals surface area (Å²) in [6.07, 6.45) is 2.41. The first-order valence-corrected chi connectivity index (χ1v) is 6.22. The standard InChI is InChI=1S/C13H24N4O/c1-9-11(15-8-16-12(9)18-5)17-10(6-7-14)13(2,3)4/h8,10H,6-7,14H2,1-5H3,(H,15,16,17). The molecule has 18 heavy (non-hydrogen) atoms. The third kappa shape index (κ3) is 3.57. The van der Waals surface area contributed by atoms with Gasteiger partial charge in [-0.15, -0.1) is 0 Å². The van der Waals surface area contributed by atoms with Gasteiger partial charge in [-0.3, -0.25) is 0 Å². The van der Waals surface area contributed by atoms with E-state index in [9.17, 15) is 0 Å². The van der Waals surface area contributed by atoms with E-state index in [-0.39, 0.29) is 11.5 Å². The Bertz CT molecular complexity index is 387. The van der Waals surface area contributed by atoms with Crippen LogP contribution in [0.15, 0.2) is 6.33 Å². The Morgan fingerprint density at radius 1 is 1.39 bits per heavy atom. The Hall–Kier alpha value is -1.36. The largest absolute Gasteiger partial charge is 0.481 e. The third-order valence-electron chi connectivity index (χ3n) is 3.04. The molecule has 5 heteroatoms.